The predicted octanol–water partition coefficient (Wildman–Crippen LogP) is 6.59. The van der Waals surface area contributed by atoms with Crippen molar-refractivity contribution in [2.75, 3.05) is 27.4 Å². The normalized spacial score (nSPS) is 18.5. The van der Waals surface area contributed by atoms with Crippen LogP contribution < -0.4 is 14.2 Å². The van der Waals surface area contributed by atoms with Gasteiger partial charge in [-0.25, -0.2) is 0 Å². The molecule has 1 atom stereocenters. The lowest BCUT2D eigenvalue weighted by molar-refractivity contribution is -0.137. The number of hydrogen-bond donors (Lipinski definition) is 0. The average Bonchev–Trinajstić information content (AvgIpc) is 2.89. The van der Waals surface area contributed by atoms with Crippen molar-refractivity contribution in [1.29, 1.82) is 0 Å². The van der Waals surface area contributed by atoms with Crippen LogP contribution in [0.3, 0.4) is 0 Å². The molecule has 1 saturated carbocycles. The summed E-state index contributed by atoms with van der Waals surface area (Å²) in [6.45, 7) is 0.557. The topological polar surface area (TPSA) is 48.0 Å². The zero-order valence-corrected chi connectivity index (χ0v) is 20.9. The van der Waals surface area contributed by atoms with Crippen LogP contribution in [-0.4, -0.2) is 38.2 Å². The molecule has 0 N–H and O–H groups in total. The van der Waals surface area contributed by atoms with Gasteiger partial charge in [-0.1, -0.05) is 38.2 Å². The van der Waals surface area contributed by atoms with E-state index in [0.717, 1.165) is 29.7 Å². The van der Waals surface area contributed by atoms with Crippen LogP contribution in [0.15, 0.2) is 36.4 Å². The van der Waals surface area contributed by atoms with Crippen molar-refractivity contribution in [3.8, 4) is 17.2 Å². The molecule has 2 aliphatic rings. The molecule has 1 unspecified atom stereocenters. The highest BCUT2D eigenvalue weighted by Gasteiger charge is 2.34. The minimum atomic E-state index is -4.46. The summed E-state index contributed by atoms with van der Waals surface area (Å²) in [5, 5.41) is 0. The van der Waals surface area contributed by atoms with Gasteiger partial charge in [-0.3, -0.25) is 4.79 Å². The highest BCUT2D eigenvalue weighted by molar-refractivity contribution is 5.77. The molecule has 0 bridgehead atoms. The molecule has 1 amide bonds. The van der Waals surface area contributed by atoms with Gasteiger partial charge in [-0.2, -0.15) is 13.2 Å². The van der Waals surface area contributed by atoms with Crippen LogP contribution in [0.2, 0.25) is 0 Å². The third-order valence-electron chi connectivity index (χ3n) is 7.38. The van der Waals surface area contributed by atoms with Gasteiger partial charge < -0.3 is 19.1 Å². The van der Waals surface area contributed by atoms with Gasteiger partial charge in [0.05, 0.1) is 25.8 Å². The number of halogens is 3. The average molecular weight is 506 g/mol. The Labute approximate surface area is 210 Å². The fourth-order valence-electron chi connectivity index (χ4n) is 5.39. The summed E-state index contributed by atoms with van der Waals surface area (Å²) in [4.78, 5) is 15.2. The third kappa shape index (κ3) is 6.08. The van der Waals surface area contributed by atoms with Gasteiger partial charge in [0.25, 0.3) is 0 Å². The largest absolute Gasteiger partial charge is 0.493 e. The number of benzene rings is 2. The number of rotatable bonds is 8. The van der Waals surface area contributed by atoms with E-state index in [-0.39, 0.29) is 18.3 Å². The van der Waals surface area contributed by atoms with Gasteiger partial charge in [0, 0.05) is 13.0 Å². The van der Waals surface area contributed by atoms with E-state index in [9.17, 15) is 18.0 Å². The number of amides is 1. The molecule has 8 heteroatoms. The number of carbonyl (C=O) groups is 1. The van der Waals surface area contributed by atoms with Crippen LogP contribution in [0, 0.1) is 5.92 Å². The van der Waals surface area contributed by atoms with E-state index >= 15 is 0 Å². The fraction of sp³-hybridized carbons (Fsp3) is 0.536. The maximum atomic E-state index is 13.4. The second-order valence-corrected chi connectivity index (χ2v) is 9.64. The number of fused-ring (bicyclic) bond motifs is 1. The first kappa shape index (κ1) is 26.2. The van der Waals surface area contributed by atoms with E-state index in [2.05, 4.69) is 0 Å². The van der Waals surface area contributed by atoms with Crippen molar-refractivity contribution in [2.45, 2.75) is 63.6 Å². The Balaban J connectivity index is 1.57. The molecule has 36 heavy (non-hydrogen) atoms. The number of ether oxygens (including phenoxy) is 3. The Hall–Kier alpha value is -2.90. The lowest BCUT2D eigenvalue weighted by Crippen LogP contribution is -2.42. The van der Waals surface area contributed by atoms with Crippen LogP contribution in [0.1, 0.15) is 67.7 Å². The standard InChI is InChI=1S/C28H34F3NO4/c1-34-25-15-20-13-14-32(27(33)12-11-19-7-4-3-5-8-19)24(23(20)17-26(25)35-2)18-36-22-10-6-9-21(16-22)28(29,30)31/h6,9-10,15-17,19,24H,3-5,7-8,11-14,18H2,1-2H3. The second kappa shape index (κ2) is 11.4. The molecule has 1 fully saturated rings. The number of nitrogens with zero attached hydrogens (tertiary/aromatic N) is 1. The SMILES string of the molecule is COc1cc2c(cc1OC)C(COc1cccc(C(F)(F)F)c1)N(C(=O)CCC1CCCCC1)CC2. The van der Waals surface area contributed by atoms with Crippen molar-refractivity contribution in [3.05, 3.63) is 53.1 Å². The Morgan fingerprint density at radius 2 is 1.75 bits per heavy atom. The molecule has 5 nitrogen and oxygen atoms in total. The van der Waals surface area contributed by atoms with E-state index in [4.69, 9.17) is 14.2 Å². The van der Waals surface area contributed by atoms with Gasteiger partial charge in [-0.15, -0.1) is 0 Å². The van der Waals surface area contributed by atoms with Crippen molar-refractivity contribution < 1.29 is 32.2 Å². The number of alkyl halides is 3. The molecule has 0 saturated heterocycles. The summed E-state index contributed by atoms with van der Waals surface area (Å²) < 4.78 is 56.4. The van der Waals surface area contributed by atoms with Gasteiger partial charge >= 0.3 is 6.18 Å². The molecule has 0 spiro atoms. The first-order valence-corrected chi connectivity index (χ1v) is 12.6. The molecule has 0 radical (unpaired) electrons. The Kier molecular flexibility index (Phi) is 8.32. The summed E-state index contributed by atoms with van der Waals surface area (Å²) in [5.41, 5.74) is 1.12. The monoisotopic (exact) mass is 505 g/mol. The summed E-state index contributed by atoms with van der Waals surface area (Å²) in [7, 11) is 3.12. The van der Waals surface area contributed by atoms with Crippen molar-refractivity contribution >= 4 is 5.91 Å². The molecule has 196 valence electrons. The van der Waals surface area contributed by atoms with Crippen LogP contribution in [0.4, 0.5) is 13.2 Å². The molecule has 1 heterocycles. The quantitative estimate of drug-likeness (QED) is 0.406. The minimum absolute atomic E-state index is 0.0406. The van der Waals surface area contributed by atoms with Crippen molar-refractivity contribution in [1.82, 2.24) is 4.90 Å². The first-order valence-electron chi connectivity index (χ1n) is 12.6. The first-order chi connectivity index (χ1) is 17.3. The van der Waals surface area contributed by atoms with Crippen LogP contribution in [0.5, 0.6) is 17.2 Å². The molecular formula is C28H34F3NO4. The smallest absolute Gasteiger partial charge is 0.416 e. The summed E-state index contributed by atoms with van der Waals surface area (Å²) in [6.07, 6.45) is 3.61. The zero-order chi connectivity index (χ0) is 25.7. The lowest BCUT2D eigenvalue weighted by atomic mass is 9.85. The predicted molar refractivity (Wildman–Crippen MR) is 130 cm³/mol. The molecule has 2 aromatic carbocycles. The van der Waals surface area contributed by atoms with Crippen molar-refractivity contribution in [3.63, 3.8) is 0 Å². The summed E-state index contributed by atoms with van der Waals surface area (Å²) in [5.74, 6) is 1.90. The highest BCUT2D eigenvalue weighted by Crippen LogP contribution is 2.39. The van der Waals surface area contributed by atoms with E-state index in [1.807, 2.05) is 17.0 Å². The Morgan fingerprint density at radius 3 is 2.44 bits per heavy atom. The highest BCUT2D eigenvalue weighted by atomic mass is 19.4. The van der Waals surface area contributed by atoms with Crippen LogP contribution in [-0.2, 0) is 17.4 Å². The molecule has 0 aromatic heterocycles. The van der Waals surface area contributed by atoms with E-state index in [0.29, 0.717) is 36.8 Å². The summed E-state index contributed by atoms with van der Waals surface area (Å²) in [6, 6.07) is 8.16. The molecule has 1 aliphatic heterocycles. The fourth-order valence-corrected chi connectivity index (χ4v) is 5.39. The minimum Gasteiger partial charge on any atom is -0.493 e. The number of carbonyl (C=O) groups excluding carboxylic acids is 1. The van der Waals surface area contributed by atoms with E-state index < -0.39 is 17.8 Å². The Morgan fingerprint density at radius 1 is 1.03 bits per heavy atom. The van der Waals surface area contributed by atoms with Crippen LogP contribution >= 0.6 is 0 Å². The number of hydrogen-bond acceptors (Lipinski definition) is 4. The molecule has 4 rings (SSSR count). The van der Waals surface area contributed by atoms with E-state index in [1.54, 1.807) is 14.2 Å². The van der Waals surface area contributed by atoms with Gasteiger partial charge in [0.15, 0.2) is 11.5 Å². The summed E-state index contributed by atoms with van der Waals surface area (Å²) >= 11 is 0. The lowest BCUT2D eigenvalue weighted by Gasteiger charge is -2.38. The Bertz CT molecular complexity index is 1050. The molecule has 2 aromatic rings. The van der Waals surface area contributed by atoms with Gasteiger partial charge in [0.2, 0.25) is 5.91 Å². The zero-order valence-electron chi connectivity index (χ0n) is 20.9. The maximum absolute atomic E-state index is 13.4. The van der Waals surface area contributed by atoms with E-state index in [1.165, 1.54) is 44.2 Å². The van der Waals surface area contributed by atoms with Crippen LogP contribution in [0.25, 0.3) is 0 Å². The second-order valence-electron chi connectivity index (χ2n) is 9.64. The number of methoxy groups -OCH3 is 2. The molecular weight excluding hydrogens is 471 g/mol. The van der Waals surface area contributed by atoms with Crippen molar-refractivity contribution in [2.24, 2.45) is 5.92 Å². The van der Waals surface area contributed by atoms with Gasteiger partial charge in [0.1, 0.15) is 12.4 Å². The van der Waals surface area contributed by atoms with Gasteiger partial charge in [-0.05, 0) is 60.2 Å². The third-order valence-corrected chi connectivity index (χ3v) is 7.38. The maximum Gasteiger partial charge on any atom is 0.416 e. The molecule has 1 aliphatic carbocycles.